The van der Waals surface area contributed by atoms with Gasteiger partial charge in [0.15, 0.2) is 17.5 Å². The summed E-state index contributed by atoms with van der Waals surface area (Å²) in [6, 6.07) is 11.2. The molecule has 4 rings (SSSR count). The molecule has 2 N–H and O–H groups in total. The number of para-hydroxylation sites is 1. The third kappa shape index (κ3) is 2.52. The van der Waals surface area contributed by atoms with Gasteiger partial charge < -0.3 is 5.73 Å². The minimum absolute atomic E-state index is 0.167. The number of aryl methyl sites for hydroxylation is 1. The first-order valence-corrected chi connectivity index (χ1v) is 8.16. The smallest absolute Gasteiger partial charge is 0.166 e. The van der Waals surface area contributed by atoms with Gasteiger partial charge in [-0.15, -0.1) is 0 Å². The van der Waals surface area contributed by atoms with E-state index in [-0.39, 0.29) is 23.3 Å². The lowest BCUT2D eigenvalue weighted by Gasteiger charge is -2.24. The van der Waals surface area contributed by atoms with Crippen LogP contribution in [0.3, 0.4) is 0 Å². The summed E-state index contributed by atoms with van der Waals surface area (Å²) in [6.45, 7) is 0.794. The van der Waals surface area contributed by atoms with Crippen molar-refractivity contribution in [3.63, 3.8) is 0 Å². The summed E-state index contributed by atoms with van der Waals surface area (Å²) < 4.78 is 1.83. The lowest BCUT2D eigenvalue weighted by atomic mass is 9.85. The molecule has 25 heavy (non-hydrogen) atoms. The Bertz CT molecular complexity index is 1000. The first-order valence-electron chi connectivity index (χ1n) is 8.16. The SMILES string of the molecule is N#CC(C(=O)C1CCCn2nccc21)c1nc(N)c2ccccc2n1. The molecule has 1 aliphatic heterocycles. The molecule has 0 bridgehead atoms. The summed E-state index contributed by atoms with van der Waals surface area (Å²) in [6.07, 6.45) is 3.24. The Morgan fingerprint density at radius 2 is 2.16 bits per heavy atom. The highest BCUT2D eigenvalue weighted by Crippen LogP contribution is 2.32. The van der Waals surface area contributed by atoms with Gasteiger partial charge in [0.05, 0.1) is 17.5 Å². The topological polar surface area (TPSA) is 110 Å². The number of anilines is 1. The molecule has 2 unspecified atom stereocenters. The quantitative estimate of drug-likeness (QED) is 0.787. The van der Waals surface area contributed by atoms with Crippen LogP contribution in [0.1, 0.15) is 36.2 Å². The van der Waals surface area contributed by atoms with E-state index in [9.17, 15) is 10.1 Å². The van der Waals surface area contributed by atoms with Crippen molar-refractivity contribution < 1.29 is 4.79 Å². The molecular formula is C18H16N6O. The van der Waals surface area contributed by atoms with Crippen molar-refractivity contribution in [2.24, 2.45) is 0 Å². The van der Waals surface area contributed by atoms with E-state index in [0.717, 1.165) is 18.7 Å². The third-order valence-electron chi connectivity index (χ3n) is 4.63. The molecule has 7 heteroatoms. The summed E-state index contributed by atoms with van der Waals surface area (Å²) in [4.78, 5) is 21.7. The molecule has 1 aromatic carbocycles. The van der Waals surface area contributed by atoms with Gasteiger partial charge in [0.25, 0.3) is 0 Å². The number of fused-ring (bicyclic) bond motifs is 2. The number of nitrogens with zero attached hydrogens (tertiary/aromatic N) is 5. The van der Waals surface area contributed by atoms with Crippen LogP contribution in [-0.2, 0) is 11.3 Å². The summed E-state index contributed by atoms with van der Waals surface area (Å²) >= 11 is 0. The number of nitriles is 1. The van der Waals surface area contributed by atoms with Crippen molar-refractivity contribution in [2.75, 3.05) is 5.73 Å². The predicted molar refractivity (Wildman–Crippen MR) is 91.5 cm³/mol. The highest BCUT2D eigenvalue weighted by atomic mass is 16.1. The second kappa shape index (κ2) is 5.98. The average molecular weight is 332 g/mol. The van der Waals surface area contributed by atoms with Crippen molar-refractivity contribution in [3.8, 4) is 6.07 Å². The van der Waals surface area contributed by atoms with Gasteiger partial charge in [0.1, 0.15) is 5.82 Å². The number of nitrogens with two attached hydrogens (primary N) is 1. The fourth-order valence-electron chi connectivity index (χ4n) is 3.41. The van der Waals surface area contributed by atoms with E-state index in [1.807, 2.05) is 28.9 Å². The number of nitrogen functional groups attached to an aromatic ring is 1. The molecule has 124 valence electrons. The minimum atomic E-state index is -1.04. The van der Waals surface area contributed by atoms with Gasteiger partial charge >= 0.3 is 0 Å². The summed E-state index contributed by atoms with van der Waals surface area (Å²) in [7, 11) is 0. The summed E-state index contributed by atoms with van der Waals surface area (Å²) in [5.41, 5.74) is 7.49. The highest BCUT2D eigenvalue weighted by molar-refractivity contribution is 5.94. The van der Waals surface area contributed by atoms with Crippen molar-refractivity contribution in [2.45, 2.75) is 31.2 Å². The predicted octanol–water partition coefficient (Wildman–Crippen LogP) is 2.16. The van der Waals surface area contributed by atoms with Crippen LogP contribution in [0.5, 0.6) is 0 Å². The lowest BCUT2D eigenvalue weighted by Crippen LogP contribution is -2.27. The average Bonchev–Trinajstić information content (AvgIpc) is 3.11. The van der Waals surface area contributed by atoms with Crippen LogP contribution in [0.2, 0.25) is 0 Å². The second-order valence-electron chi connectivity index (χ2n) is 6.12. The maximum Gasteiger partial charge on any atom is 0.166 e. The fraction of sp³-hybridized carbons (Fsp3) is 0.278. The Morgan fingerprint density at radius 1 is 1.32 bits per heavy atom. The molecule has 0 saturated carbocycles. The van der Waals surface area contributed by atoms with E-state index in [1.54, 1.807) is 12.3 Å². The van der Waals surface area contributed by atoms with Crippen LogP contribution in [0.25, 0.3) is 10.9 Å². The monoisotopic (exact) mass is 332 g/mol. The fourth-order valence-corrected chi connectivity index (χ4v) is 3.41. The van der Waals surface area contributed by atoms with E-state index in [1.165, 1.54) is 0 Å². The van der Waals surface area contributed by atoms with Gasteiger partial charge in [-0.3, -0.25) is 9.48 Å². The zero-order chi connectivity index (χ0) is 17.4. The molecule has 3 heterocycles. The maximum atomic E-state index is 13.1. The van der Waals surface area contributed by atoms with Crippen molar-refractivity contribution in [3.05, 3.63) is 48.0 Å². The molecule has 1 aliphatic rings. The molecule has 2 atom stereocenters. The van der Waals surface area contributed by atoms with E-state index in [4.69, 9.17) is 5.73 Å². The Morgan fingerprint density at radius 3 is 3.00 bits per heavy atom. The zero-order valence-corrected chi connectivity index (χ0v) is 13.5. The first kappa shape index (κ1) is 15.3. The van der Waals surface area contributed by atoms with E-state index in [2.05, 4.69) is 21.1 Å². The van der Waals surface area contributed by atoms with E-state index < -0.39 is 5.92 Å². The molecule has 0 aliphatic carbocycles. The number of benzene rings is 1. The minimum Gasteiger partial charge on any atom is -0.383 e. The van der Waals surface area contributed by atoms with Crippen molar-refractivity contribution >= 4 is 22.5 Å². The van der Waals surface area contributed by atoms with Gasteiger partial charge in [-0.1, -0.05) is 12.1 Å². The summed E-state index contributed by atoms with van der Waals surface area (Å²) in [5.74, 6) is -1.16. The number of aromatic nitrogens is 4. The molecule has 0 saturated heterocycles. The number of carbonyl (C=O) groups excluding carboxylic acids is 1. The molecule has 0 spiro atoms. The van der Waals surface area contributed by atoms with Crippen molar-refractivity contribution in [1.29, 1.82) is 5.26 Å². The number of ketones is 1. The Balaban J connectivity index is 1.74. The Kier molecular flexibility index (Phi) is 3.65. The van der Waals surface area contributed by atoms with Crippen LogP contribution in [0.15, 0.2) is 36.5 Å². The Labute approximate surface area is 144 Å². The van der Waals surface area contributed by atoms with Gasteiger partial charge in [-0.25, -0.2) is 9.97 Å². The highest BCUT2D eigenvalue weighted by Gasteiger charge is 2.35. The molecule has 0 amide bonds. The molecule has 7 nitrogen and oxygen atoms in total. The Hall–Kier alpha value is -3.27. The molecular weight excluding hydrogens is 316 g/mol. The standard InChI is InChI=1S/C18H16N6O/c19-10-13(16(25)12-5-3-9-24-15(12)7-8-21-24)18-22-14-6-2-1-4-11(14)17(20)23-18/h1-2,4,6-8,12-13H,3,5,9H2,(H2,20,22,23). The number of carbonyl (C=O) groups is 1. The number of Topliss-reactive ketones (excluding diaryl/α,β-unsaturated/α-hetero) is 1. The van der Waals surface area contributed by atoms with Gasteiger partial charge in [0.2, 0.25) is 0 Å². The number of hydrogen-bond donors (Lipinski definition) is 1. The van der Waals surface area contributed by atoms with E-state index in [0.29, 0.717) is 17.3 Å². The van der Waals surface area contributed by atoms with Crippen LogP contribution in [0.4, 0.5) is 5.82 Å². The number of hydrogen-bond acceptors (Lipinski definition) is 6. The van der Waals surface area contributed by atoms with Gasteiger partial charge in [-0.2, -0.15) is 10.4 Å². The van der Waals surface area contributed by atoms with Crippen molar-refractivity contribution in [1.82, 2.24) is 19.7 Å². The van der Waals surface area contributed by atoms with Gasteiger partial charge in [-0.05, 0) is 31.0 Å². The molecule has 2 aromatic heterocycles. The molecule has 0 radical (unpaired) electrons. The van der Waals surface area contributed by atoms with Crippen LogP contribution in [0, 0.1) is 11.3 Å². The third-order valence-corrected chi connectivity index (χ3v) is 4.63. The number of rotatable bonds is 3. The first-order chi connectivity index (χ1) is 12.2. The molecule has 3 aromatic rings. The van der Waals surface area contributed by atoms with E-state index >= 15 is 0 Å². The molecule has 0 fully saturated rings. The second-order valence-corrected chi connectivity index (χ2v) is 6.12. The van der Waals surface area contributed by atoms with Crippen LogP contribution < -0.4 is 5.73 Å². The maximum absolute atomic E-state index is 13.1. The van der Waals surface area contributed by atoms with Crippen LogP contribution in [-0.4, -0.2) is 25.5 Å². The lowest BCUT2D eigenvalue weighted by molar-refractivity contribution is -0.121. The van der Waals surface area contributed by atoms with Gasteiger partial charge in [0, 0.05) is 23.8 Å². The van der Waals surface area contributed by atoms with Crippen LogP contribution >= 0.6 is 0 Å². The zero-order valence-electron chi connectivity index (χ0n) is 13.5. The largest absolute Gasteiger partial charge is 0.383 e. The summed E-state index contributed by atoms with van der Waals surface area (Å²) in [5, 5.41) is 14.6. The normalized spacial score (nSPS) is 17.6.